The summed E-state index contributed by atoms with van der Waals surface area (Å²) in [5.41, 5.74) is 5.48. The standard InChI is InChI=1S/C31H33FN2O4/c1-18-15-25-22(11-13-34(25)17-20-9-6-7-12-33-20)27(26(18)29(30(35)36)38-31(3,4)5)23-16-24(32)28-21(19(23)2)10-8-14-37-28/h6-7,9,11-13,15-16,29H,8,10,14,17H2,1-5H3,(H,35,36). The minimum Gasteiger partial charge on any atom is -0.490 e. The highest BCUT2D eigenvalue weighted by atomic mass is 19.1. The Balaban J connectivity index is 1.81. The van der Waals surface area contributed by atoms with Crippen LogP contribution in [0.5, 0.6) is 5.75 Å². The molecule has 0 saturated carbocycles. The smallest absolute Gasteiger partial charge is 0.337 e. The summed E-state index contributed by atoms with van der Waals surface area (Å²) in [7, 11) is 0. The summed E-state index contributed by atoms with van der Waals surface area (Å²) in [6, 6.07) is 11.2. The van der Waals surface area contributed by atoms with E-state index in [-0.39, 0.29) is 0 Å². The third-order valence-corrected chi connectivity index (χ3v) is 7.05. The Labute approximate surface area is 222 Å². The number of aryl methyl sites for hydroxylation is 1. The summed E-state index contributed by atoms with van der Waals surface area (Å²) >= 11 is 0. The molecule has 2 aromatic carbocycles. The molecule has 7 heteroatoms. The topological polar surface area (TPSA) is 73.6 Å². The molecular formula is C31H33FN2O4. The monoisotopic (exact) mass is 516 g/mol. The van der Waals surface area contributed by atoms with E-state index in [1.165, 1.54) is 6.07 Å². The lowest BCUT2D eigenvalue weighted by Crippen LogP contribution is -2.28. The van der Waals surface area contributed by atoms with Crippen LogP contribution in [-0.4, -0.2) is 32.8 Å². The van der Waals surface area contributed by atoms with Gasteiger partial charge in [-0.15, -0.1) is 0 Å². The van der Waals surface area contributed by atoms with E-state index in [4.69, 9.17) is 9.47 Å². The minimum atomic E-state index is -1.23. The second kappa shape index (κ2) is 9.87. The molecule has 1 unspecified atom stereocenters. The fraction of sp³-hybridized carbons (Fsp3) is 0.355. The SMILES string of the molecule is Cc1cc2c(ccn2Cc2ccccn2)c(-c2cc(F)c3c(c2C)CCCO3)c1C(OC(C)(C)C)C(=O)O. The van der Waals surface area contributed by atoms with Crippen LogP contribution in [0.1, 0.15) is 61.2 Å². The van der Waals surface area contributed by atoms with Crippen molar-refractivity contribution in [2.24, 2.45) is 0 Å². The summed E-state index contributed by atoms with van der Waals surface area (Å²) in [5, 5.41) is 11.2. The van der Waals surface area contributed by atoms with Crippen LogP contribution in [0.3, 0.4) is 0 Å². The second-order valence-corrected chi connectivity index (χ2v) is 10.9. The van der Waals surface area contributed by atoms with E-state index in [0.717, 1.165) is 39.7 Å². The van der Waals surface area contributed by atoms with Gasteiger partial charge in [0.25, 0.3) is 0 Å². The van der Waals surface area contributed by atoms with Crippen molar-refractivity contribution in [1.29, 1.82) is 0 Å². The zero-order valence-corrected chi connectivity index (χ0v) is 22.5. The molecule has 4 aromatic rings. The first-order chi connectivity index (χ1) is 18.0. The van der Waals surface area contributed by atoms with Gasteiger partial charge in [-0.2, -0.15) is 0 Å². The third-order valence-electron chi connectivity index (χ3n) is 7.05. The lowest BCUT2D eigenvalue weighted by Gasteiger charge is -2.29. The van der Waals surface area contributed by atoms with Crippen LogP contribution < -0.4 is 4.74 Å². The maximum absolute atomic E-state index is 15.5. The largest absolute Gasteiger partial charge is 0.490 e. The van der Waals surface area contributed by atoms with Crippen molar-refractivity contribution in [1.82, 2.24) is 9.55 Å². The van der Waals surface area contributed by atoms with E-state index in [1.54, 1.807) is 6.20 Å². The van der Waals surface area contributed by atoms with Crippen LogP contribution >= 0.6 is 0 Å². The predicted octanol–water partition coefficient (Wildman–Crippen LogP) is 6.77. The normalized spacial score (nSPS) is 14.3. The number of ether oxygens (including phenoxy) is 2. The summed E-state index contributed by atoms with van der Waals surface area (Å²) in [6.07, 6.45) is 4.01. The molecule has 1 aliphatic rings. The van der Waals surface area contributed by atoms with Crippen molar-refractivity contribution < 1.29 is 23.8 Å². The lowest BCUT2D eigenvalue weighted by atomic mass is 9.85. The molecule has 0 amide bonds. The van der Waals surface area contributed by atoms with Crippen LogP contribution in [0.15, 0.2) is 48.8 Å². The average Bonchev–Trinajstić information content (AvgIpc) is 3.26. The third kappa shape index (κ3) is 4.78. The maximum atomic E-state index is 15.5. The number of carboxylic acid groups (broad SMARTS) is 1. The Morgan fingerprint density at radius 3 is 2.71 bits per heavy atom. The van der Waals surface area contributed by atoms with Gasteiger partial charge in [0.15, 0.2) is 17.7 Å². The molecule has 5 rings (SSSR count). The Morgan fingerprint density at radius 1 is 1.24 bits per heavy atom. The fourth-order valence-electron chi connectivity index (χ4n) is 5.42. The highest BCUT2D eigenvalue weighted by Crippen LogP contribution is 2.45. The average molecular weight is 517 g/mol. The number of nitrogens with zero attached hydrogens (tertiary/aromatic N) is 2. The van der Waals surface area contributed by atoms with Crippen molar-refractivity contribution in [3.8, 4) is 16.9 Å². The molecule has 0 radical (unpaired) electrons. The number of rotatable bonds is 6. The number of aliphatic carboxylic acids is 1. The van der Waals surface area contributed by atoms with Crippen molar-refractivity contribution in [3.05, 3.63) is 82.6 Å². The highest BCUT2D eigenvalue weighted by molar-refractivity contribution is 6.01. The van der Waals surface area contributed by atoms with Gasteiger partial charge < -0.3 is 19.1 Å². The number of hydrogen-bond donors (Lipinski definition) is 1. The van der Waals surface area contributed by atoms with Gasteiger partial charge in [0.2, 0.25) is 0 Å². The molecule has 6 nitrogen and oxygen atoms in total. The molecule has 1 N–H and O–H groups in total. The van der Waals surface area contributed by atoms with E-state index in [1.807, 2.05) is 71.1 Å². The van der Waals surface area contributed by atoms with Crippen LogP contribution in [0.25, 0.3) is 22.0 Å². The number of aromatic nitrogens is 2. The fourth-order valence-corrected chi connectivity index (χ4v) is 5.42. The first-order valence-corrected chi connectivity index (χ1v) is 12.9. The van der Waals surface area contributed by atoms with Gasteiger partial charge in [0, 0.05) is 34.4 Å². The highest BCUT2D eigenvalue weighted by Gasteiger charge is 2.33. The van der Waals surface area contributed by atoms with E-state index < -0.39 is 23.5 Å². The number of fused-ring (bicyclic) bond motifs is 2. The second-order valence-electron chi connectivity index (χ2n) is 10.9. The summed E-state index contributed by atoms with van der Waals surface area (Å²) in [6.45, 7) is 10.4. The number of carboxylic acids is 1. The predicted molar refractivity (Wildman–Crippen MR) is 145 cm³/mol. The van der Waals surface area contributed by atoms with Gasteiger partial charge in [0.05, 0.1) is 24.4 Å². The molecule has 0 aliphatic carbocycles. The van der Waals surface area contributed by atoms with Crippen LogP contribution in [-0.2, 0) is 22.5 Å². The van der Waals surface area contributed by atoms with Crippen LogP contribution in [0, 0.1) is 19.7 Å². The van der Waals surface area contributed by atoms with Gasteiger partial charge in [0.1, 0.15) is 0 Å². The summed E-state index contributed by atoms with van der Waals surface area (Å²) in [4.78, 5) is 17.1. The summed E-state index contributed by atoms with van der Waals surface area (Å²) < 4.78 is 29.4. The van der Waals surface area contributed by atoms with Gasteiger partial charge in [-0.25, -0.2) is 9.18 Å². The molecule has 0 saturated heterocycles. The van der Waals surface area contributed by atoms with Crippen molar-refractivity contribution >= 4 is 16.9 Å². The Bertz CT molecular complexity index is 1520. The Morgan fingerprint density at radius 2 is 2.03 bits per heavy atom. The van der Waals surface area contributed by atoms with Crippen molar-refractivity contribution in [3.63, 3.8) is 0 Å². The van der Waals surface area contributed by atoms with E-state index in [2.05, 4.69) is 9.55 Å². The first kappa shape index (κ1) is 25.9. The van der Waals surface area contributed by atoms with Crippen molar-refractivity contribution in [2.75, 3.05) is 6.61 Å². The maximum Gasteiger partial charge on any atom is 0.337 e. The molecule has 38 heavy (non-hydrogen) atoms. The number of hydrogen-bond acceptors (Lipinski definition) is 4. The molecule has 2 aromatic heterocycles. The first-order valence-electron chi connectivity index (χ1n) is 12.9. The van der Waals surface area contributed by atoms with Gasteiger partial charge in [-0.1, -0.05) is 6.07 Å². The van der Waals surface area contributed by atoms with Crippen LogP contribution in [0.2, 0.25) is 0 Å². The van der Waals surface area contributed by atoms with E-state index >= 15 is 4.39 Å². The molecule has 0 bridgehead atoms. The van der Waals surface area contributed by atoms with Crippen molar-refractivity contribution in [2.45, 2.75) is 65.7 Å². The number of halogens is 1. The lowest BCUT2D eigenvalue weighted by molar-refractivity contribution is -0.160. The van der Waals surface area contributed by atoms with Crippen LogP contribution in [0.4, 0.5) is 4.39 Å². The molecule has 0 spiro atoms. The Hall–Kier alpha value is -3.71. The molecule has 1 atom stereocenters. The van der Waals surface area contributed by atoms with E-state index in [0.29, 0.717) is 42.0 Å². The zero-order valence-electron chi connectivity index (χ0n) is 22.5. The summed E-state index contributed by atoms with van der Waals surface area (Å²) in [5.74, 6) is -1.22. The molecule has 1 aliphatic heterocycles. The minimum absolute atomic E-state index is 0.302. The van der Waals surface area contributed by atoms with Gasteiger partial charge >= 0.3 is 5.97 Å². The number of benzene rings is 2. The number of carbonyl (C=O) groups is 1. The van der Waals surface area contributed by atoms with Gasteiger partial charge in [-0.05, 0) is 100 Å². The van der Waals surface area contributed by atoms with Gasteiger partial charge in [-0.3, -0.25) is 4.98 Å². The number of pyridine rings is 1. The molecule has 3 heterocycles. The quantitative estimate of drug-likeness (QED) is 0.306. The Kier molecular flexibility index (Phi) is 6.73. The van der Waals surface area contributed by atoms with E-state index in [9.17, 15) is 9.90 Å². The zero-order chi connectivity index (χ0) is 27.2. The molecule has 198 valence electrons. The molecular weight excluding hydrogens is 483 g/mol. The molecule has 0 fully saturated rings.